The third-order valence-corrected chi connectivity index (χ3v) is 6.02. The highest BCUT2D eigenvalue weighted by Crippen LogP contribution is 2.29. The van der Waals surface area contributed by atoms with E-state index in [2.05, 4.69) is 47.8 Å². The van der Waals surface area contributed by atoms with Crippen molar-refractivity contribution in [1.82, 2.24) is 5.32 Å². The molecule has 0 aliphatic heterocycles. The molecule has 0 fully saturated rings. The SMILES string of the molecule is Cl.Clc1ccccc1COc1ccc2ccccc2c1CNCCC1=CCCCC1. The molecule has 30 heavy (non-hydrogen) atoms. The Hall–Kier alpha value is -2.00. The van der Waals surface area contributed by atoms with Gasteiger partial charge in [0.15, 0.2) is 0 Å². The molecule has 0 heterocycles. The number of rotatable bonds is 8. The van der Waals surface area contributed by atoms with Gasteiger partial charge in [0, 0.05) is 22.7 Å². The zero-order chi connectivity index (χ0) is 19.9. The fourth-order valence-corrected chi connectivity index (χ4v) is 4.19. The van der Waals surface area contributed by atoms with Gasteiger partial charge in [-0.1, -0.05) is 71.8 Å². The molecule has 4 heteroatoms. The van der Waals surface area contributed by atoms with E-state index >= 15 is 0 Å². The van der Waals surface area contributed by atoms with Gasteiger partial charge in [0.1, 0.15) is 12.4 Å². The fraction of sp³-hybridized carbons (Fsp3) is 0.308. The lowest BCUT2D eigenvalue weighted by atomic mass is 9.97. The van der Waals surface area contributed by atoms with Crippen LogP contribution in [-0.4, -0.2) is 6.54 Å². The van der Waals surface area contributed by atoms with Gasteiger partial charge in [-0.2, -0.15) is 0 Å². The van der Waals surface area contributed by atoms with Gasteiger partial charge in [0.05, 0.1) is 0 Å². The van der Waals surface area contributed by atoms with Crippen molar-refractivity contribution in [2.75, 3.05) is 6.54 Å². The van der Waals surface area contributed by atoms with Crippen molar-refractivity contribution >= 4 is 34.8 Å². The lowest BCUT2D eigenvalue weighted by Gasteiger charge is -2.17. The molecule has 0 spiro atoms. The summed E-state index contributed by atoms with van der Waals surface area (Å²) in [5, 5.41) is 6.87. The van der Waals surface area contributed by atoms with E-state index in [1.54, 1.807) is 5.57 Å². The second kappa shape index (κ2) is 11.4. The van der Waals surface area contributed by atoms with Crippen molar-refractivity contribution in [1.29, 1.82) is 0 Å². The summed E-state index contributed by atoms with van der Waals surface area (Å²) in [7, 11) is 0. The van der Waals surface area contributed by atoms with Gasteiger partial charge < -0.3 is 10.1 Å². The largest absolute Gasteiger partial charge is 0.488 e. The monoisotopic (exact) mass is 441 g/mol. The molecule has 1 N–H and O–H groups in total. The zero-order valence-electron chi connectivity index (χ0n) is 17.2. The van der Waals surface area contributed by atoms with Crippen molar-refractivity contribution in [3.63, 3.8) is 0 Å². The highest BCUT2D eigenvalue weighted by molar-refractivity contribution is 6.31. The molecule has 4 rings (SSSR count). The average molecular weight is 442 g/mol. The second-order valence-corrected chi connectivity index (χ2v) is 8.09. The third kappa shape index (κ3) is 5.78. The summed E-state index contributed by atoms with van der Waals surface area (Å²) in [6.45, 7) is 2.27. The Labute approximate surface area is 190 Å². The molecular formula is C26H29Cl2NO. The van der Waals surface area contributed by atoms with Gasteiger partial charge >= 0.3 is 0 Å². The summed E-state index contributed by atoms with van der Waals surface area (Å²) in [4.78, 5) is 0. The molecule has 1 aliphatic carbocycles. The minimum absolute atomic E-state index is 0. The molecule has 0 saturated carbocycles. The Bertz CT molecular complexity index is 999. The van der Waals surface area contributed by atoms with Crippen LogP contribution >= 0.6 is 24.0 Å². The average Bonchev–Trinajstić information content (AvgIpc) is 2.77. The first-order valence-corrected chi connectivity index (χ1v) is 10.9. The van der Waals surface area contributed by atoms with Crippen LogP contribution in [0.4, 0.5) is 0 Å². The molecule has 0 amide bonds. The summed E-state index contributed by atoms with van der Waals surface area (Å²) in [6.07, 6.45) is 8.77. The predicted molar refractivity (Wildman–Crippen MR) is 130 cm³/mol. The minimum Gasteiger partial charge on any atom is -0.488 e. The smallest absolute Gasteiger partial charge is 0.124 e. The zero-order valence-corrected chi connectivity index (χ0v) is 18.8. The molecule has 158 valence electrons. The number of ether oxygens (including phenoxy) is 1. The molecule has 0 radical (unpaired) electrons. The molecule has 0 unspecified atom stereocenters. The standard InChI is InChI=1S/C26H28ClNO.ClH/c27-25-13-7-5-11-22(25)19-29-26-15-14-21-10-4-6-12-23(21)24(26)18-28-17-16-20-8-2-1-3-9-20;/h4-8,10-15,28H,1-3,9,16-19H2;1H. The van der Waals surface area contributed by atoms with Crippen LogP contribution in [0.1, 0.15) is 43.2 Å². The Kier molecular flexibility index (Phi) is 8.62. The first kappa shape index (κ1) is 22.7. The Morgan fingerprint density at radius 3 is 2.60 bits per heavy atom. The van der Waals surface area contributed by atoms with Crippen LogP contribution in [0.25, 0.3) is 10.8 Å². The van der Waals surface area contributed by atoms with E-state index in [9.17, 15) is 0 Å². The summed E-state index contributed by atoms with van der Waals surface area (Å²) in [5.74, 6) is 0.924. The van der Waals surface area contributed by atoms with Crippen LogP contribution in [0.2, 0.25) is 5.02 Å². The summed E-state index contributed by atoms with van der Waals surface area (Å²) >= 11 is 6.30. The minimum atomic E-state index is 0. The van der Waals surface area contributed by atoms with Crippen molar-refractivity contribution in [2.24, 2.45) is 0 Å². The fourth-order valence-electron chi connectivity index (χ4n) is 4.00. The van der Waals surface area contributed by atoms with Gasteiger partial charge in [-0.25, -0.2) is 0 Å². The molecule has 3 aromatic rings. The van der Waals surface area contributed by atoms with Crippen LogP contribution in [-0.2, 0) is 13.2 Å². The number of benzene rings is 3. The lowest BCUT2D eigenvalue weighted by molar-refractivity contribution is 0.303. The van der Waals surface area contributed by atoms with Crippen LogP contribution in [0.5, 0.6) is 5.75 Å². The van der Waals surface area contributed by atoms with E-state index in [4.69, 9.17) is 16.3 Å². The summed E-state index contributed by atoms with van der Waals surface area (Å²) in [6, 6.07) is 20.6. The van der Waals surface area contributed by atoms with Crippen LogP contribution < -0.4 is 10.1 Å². The quantitative estimate of drug-likeness (QED) is 0.289. The third-order valence-electron chi connectivity index (χ3n) is 5.65. The van der Waals surface area contributed by atoms with Crippen LogP contribution in [0.3, 0.4) is 0 Å². The van der Waals surface area contributed by atoms with Crippen molar-refractivity contribution in [2.45, 2.75) is 45.3 Å². The van der Waals surface area contributed by atoms with Gasteiger partial charge in [0.2, 0.25) is 0 Å². The topological polar surface area (TPSA) is 21.3 Å². The second-order valence-electron chi connectivity index (χ2n) is 7.68. The Morgan fingerprint density at radius 1 is 0.933 bits per heavy atom. The Balaban J connectivity index is 0.00000256. The maximum absolute atomic E-state index is 6.30. The van der Waals surface area contributed by atoms with E-state index < -0.39 is 0 Å². The van der Waals surface area contributed by atoms with E-state index in [1.165, 1.54) is 42.0 Å². The van der Waals surface area contributed by atoms with Gasteiger partial charge in [-0.3, -0.25) is 0 Å². The van der Waals surface area contributed by atoms with Crippen LogP contribution in [0.15, 0.2) is 72.3 Å². The highest BCUT2D eigenvalue weighted by Gasteiger charge is 2.10. The van der Waals surface area contributed by atoms with E-state index in [0.29, 0.717) is 6.61 Å². The molecule has 0 atom stereocenters. The summed E-state index contributed by atoms with van der Waals surface area (Å²) in [5.41, 5.74) is 3.83. The molecular weight excluding hydrogens is 413 g/mol. The first-order valence-electron chi connectivity index (χ1n) is 10.6. The van der Waals surface area contributed by atoms with E-state index in [-0.39, 0.29) is 12.4 Å². The predicted octanol–water partition coefficient (Wildman–Crippen LogP) is 7.47. The number of fused-ring (bicyclic) bond motifs is 1. The summed E-state index contributed by atoms with van der Waals surface area (Å²) < 4.78 is 6.22. The van der Waals surface area contributed by atoms with Crippen molar-refractivity contribution < 1.29 is 4.74 Å². The Morgan fingerprint density at radius 2 is 1.77 bits per heavy atom. The maximum atomic E-state index is 6.30. The normalized spacial score (nSPS) is 13.6. The van der Waals surface area contributed by atoms with Gasteiger partial charge in [-0.15, -0.1) is 12.4 Å². The van der Waals surface area contributed by atoms with Crippen LogP contribution in [0, 0.1) is 0 Å². The van der Waals surface area contributed by atoms with Gasteiger partial charge in [0.25, 0.3) is 0 Å². The number of nitrogens with one attached hydrogen (secondary N) is 1. The van der Waals surface area contributed by atoms with Crippen molar-refractivity contribution in [3.8, 4) is 5.75 Å². The molecule has 0 aromatic heterocycles. The number of halogens is 2. The molecule has 1 aliphatic rings. The number of hydrogen-bond acceptors (Lipinski definition) is 2. The first-order chi connectivity index (χ1) is 14.3. The molecule has 0 bridgehead atoms. The molecule has 3 aromatic carbocycles. The van der Waals surface area contributed by atoms with E-state index in [0.717, 1.165) is 35.8 Å². The lowest BCUT2D eigenvalue weighted by Crippen LogP contribution is -2.16. The van der Waals surface area contributed by atoms with Crippen molar-refractivity contribution in [3.05, 3.63) is 88.5 Å². The molecule has 2 nitrogen and oxygen atoms in total. The maximum Gasteiger partial charge on any atom is 0.124 e. The highest BCUT2D eigenvalue weighted by atomic mass is 35.5. The number of hydrogen-bond donors (Lipinski definition) is 1. The van der Waals surface area contributed by atoms with E-state index in [1.807, 2.05) is 24.3 Å². The number of allylic oxidation sites excluding steroid dienone is 1. The van der Waals surface area contributed by atoms with Gasteiger partial charge in [-0.05, 0) is 61.6 Å². The molecule has 0 saturated heterocycles.